The Labute approximate surface area is 83.3 Å². The number of nitrogens with zero attached hydrogens (tertiary/aromatic N) is 2. The molecule has 0 unspecified atom stereocenters. The second-order valence-corrected chi connectivity index (χ2v) is 3.71. The van der Waals surface area contributed by atoms with Crippen LogP contribution in [0.2, 0.25) is 5.02 Å². The van der Waals surface area contributed by atoms with Gasteiger partial charge in [-0.05, 0) is 28.1 Å². The summed E-state index contributed by atoms with van der Waals surface area (Å²) in [6.45, 7) is 0. The summed E-state index contributed by atoms with van der Waals surface area (Å²) in [5, 5.41) is 5.98. The molecule has 0 bridgehead atoms. The van der Waals surface area contributed by atoms with E-state index in [1.54, 1.807) is 4.68 Å². The van der Waals surface area contributed by atoms with Crippen LogP contribution in [0, 0.1) is 0 Å². The molecular formula is C8H6BrClN2. The average Bonchev–Trinajstić information content (AvgIpc) is 2.29. The summed E-state index contributed by atoms with van der Waals surface area (Å²) < 4.78 is 2.60. The van der Waals surface area contributed by atoms with Gasteiger partial charge in [0, 0.05) is 12.4 Å². The van der Waals surface area contributed by atoms with Crippen molar-refractivity contribution in [1.82, 2.24) is 9.78 Å². The molecule has 0 aliphatic carbocycles. The Morgan fingerprint density at radius 2 is 2.25 bits per heavy atom. The fraction of sp³-hybridized carbons (Fsp3) is 0.125. The van der Waals surface area contributed by atoms with Crippen molar-refractivity contribution in [2.24, 2.45) is 7.05 Å². The minimum atomic E-state index is 0.730. The molecule has 0 fully saturated rings. The van der Waals surface area contributed by atoms with E-state index in [9.17, 15) is 0 Å². The van der Waals surface area contributed by atoms with Crippen molar-refractivity contribution in [3.8, 4) is 0 Å². The van der Waals surface area contributed by atoms with Gasteiger partial charge in [-0.1, -0.05) is 17.7 Å². The van der Waals surface area contributed by atoms with Crippen LogP contribution in [0.25, 0.3) is 10.9 Å². The zero-order chi connectivity index (χ0) is 8.72. The maximum absolute atomic E-state index is 5.99. The number of rotatable bonds is 0. The first-order valence-electron chi connectivity index (χ1n) is 3.47. The van der Waals surface area contributed by atoms with Gasteiger partial charge in [-0.2, -0.15) is 5.10 Å². The Bertz CT molecular complexity index is 436. The van der Waals surface area contributed by atoms with Gasteiger partial charge in [-0.3, -0.25) is 4.68 Å². The van der Waals surface area contributed by atoms with Gasteiger partial charge >= 0.3 is 0 Å². The number of fused-ring (bicyclic) bond motifs is 1. The lowest BCUT2D eigenvalue weighted by atomic mass is 10.2. The van der Waals surface area contributed by atoms with E-state index in [0.29, 0.717) is 0 Å². The molecule has 0 aliphatic rings. The Morgan fingerprint density at radius 3 is 2.92 bits per heavy atom. The molecule has 0 saturated heterocycles. The standard InChI is InChI=1S/C8H6BrClN2/c1-12-7-5(8(9)11-12)3-2-4-6(7)10/h2-4H,1H3. The number of halogens is 2. The van der Waals surface area contributed by atoms with Crippen LogP contribution in [-0.4, -0.2) is 9.78 Å². The molecule has 2 nitrogen and oxygen atoms in total. The third kappa shape index (κ3) is 1.04. The van der Waals surface area contributed by atoms with Gasteiger partial charge in [0.25, 0.3) is 0 Å². The highest BCUT2D eigenvalue weighted by Crippen LogP contribution is 2.27. The first-order chi connectivity index (χ1) is 5.70. The van der Waals surface area contributed by atoms with Crippen molar-refractivity contribution in [3.63, 3.8) is 0 Å². The predicted octanol–water partition coefficient (Wildman–Crippen LogP) is 2.99. The molecule has 0 radical (unpaired) electrons. The van der Waals surface area contributed by atoms with Crippen molar-refractivity contribution >= 4 is 38.4 Å². The van der Waals surface area contributed by atoms with Gasteiger partial charge in [0.05, 0.1) is 10.5 Å². The predicted molar refractivity (Wildman–Crippen MR) is 53.4 cm³/mol. The zero-order valence-electron chi connectivity index (χ0n) is 6.38. The average molecular weight is 246 g/mol. The molecule has 2 rings (SSSR count). The number of aryl methyl sites for hydroxylation is 1. The second-order valence-electron chi connectivity index (χ2n) is 2.55. The van der Waals surface area contributed by atoms with Crippen molar-refractivity contribution in [2.75, 3.05) is 0 Å². The molecule has 1 heterocycles. The number of hydrogen-bond donors (Lipinski definition) is 0. The molecular weight excluding hydrogens is 239 g/mol. The largest absolute Gasteiger partial charge is 0.265 e. The van der Waals surface area contributed by atoms with Gasteiger partial charge in [0.15, 0.2) is 0 Å². The van der Waals surface area contributed by atoms with Gasteiger partial charge in [0.2, 0.25) is 0 Å². The fourth-order valence-electron chi connectivity index (χ4n) is 1.25. The van der Waals surface area contributed by atoms with Gasteiger partial charge in [0.1, 0.15) is 4.60 Å². The van der Waals surface area contributed by atoms with Crippen LogP contribution in [0.15, 0.2) is 22.8 Å². The Balaban J connectivity index is 2.99. The van der Waals surface area contributed by atoms with Gasteiger partial charge < -0.3 is 0 Å². The van der Waals surface area contributed by atoms with E-state index in [-0.39, 0.29) is 0 Å². The first kappa shape index (κ1) is 8.08. The molecule has 0 spiro atoms. The SMILES string of the molecule is Cn1nc(Br)c2cccc(Cl)c21. The van der Waals surface area contributed by atoms with Crippen LogP contribution in [0.3, 0.4) is 0 Å². The summed E-state index contributed by atoms with van der Waals surface area (Å²) in [5.74, 6) is 0. The Kier molecular flexibility index (Phi) is 1.85. The lowest BCUT2D eigenvalue weighted by Gasteiger charge is -1.95. The Morgan fingerprint density at radius 1 is 1.50 bits per heavy atom. The van der Waals surface area contributed by atoms with Crippen molar-refractivity contribution < 1.29 is 0 Å². The molecule has 0 N–H and O–H groups in total. The number of benzene rings is 1. The maximum Gasteiger partial charge on any atom is 0.136 e. The molecule has 4 heteroatoms. The van der Waals surface area contributed by atoms with E-state index >= 15 is 0 Å². The van der Waals surface area contributed by atoms with Gasteiger partial charge in [-0.25, -0.2) is 0 Å². The van der Waals surface area contributed by atoms with E-state index in [2.05, 4.69) is 21.0 Å². The zero-order valence-corrected chi connectivity index (χ0v) is 8.72. The van der Waals surface area contributed by atoms with E-state index < -0.39 is 0 Å². The summed E-state index contributed by atoms with van der Waals surface area (Å²) in [7, 11) is 1.87. The normalized spacial score (nSPS) is 10.9. The van der Waals surface area contributed by atoms with Crippen LogP contribution in [-0.2, 0) is 7.05 Å². The third-order valence-corrected chi connectivity index (χ3v) is 2.66. The van der Waals surface area contributed by atoms with Crippen LogP contribution >= 0.6 is 27.5 Å². The van der Waals surface area contributed by atoms with Crippen LogP contribution in [0.5, 0.6) is 0 Å². The quantitative estimate of drug-likeness (QED) is 0.698. The Hall–Kier alpha value is -0.540. The lowest BCUT2D eigenvalue weighted by molar-refractivity contribution is 0.788. The number of para-hydroxylation sites is 1. The molecule has 62 valence electrons. The summed E-state index contributed by atoms with van der Waals surface area (Å²) in [5.41, 5.74) is 0.964. The van der Waals surface area contributed by atoms with Crippen molar-refractivity contribution in [3.05, 3.63) is 27.8 Å². The van der Waals surface area contributed by atoms with Crippen molar-refractivity contribution in [2.45, 2.75) is 0 Å². The number of aromatic nitrogens is 2. The maximum atomic E-state index is 5.99. The van der Waals surface area contributed by atoms with Crippen molar-refractivity contribution in [1.29, 1.82) is 0 Å². The van der Waals surface area contributed by atoms with E-state index in [0.717, 1.165) is 20.5 Å². The van der Waals surface area contributed by atoms with E-state index in [4.69, 9.17) is 11.6 Å². The highest BCUT2D eigenvalue weighted by Gasteiger charge is 2.07. The molecule has 12 heavy (non-hydrogen) atoms. The fourth-order valence-corrected chi connectivity index (χ4v) is 2.10. The second kappa shape index (κ2) is 2.75. The smallest absolute Gasteiger partial charge is 0.136 e. The monoisotopic (exact) mass is 244 g/mol. The summed E-state index contributed by atoms with van der Waals surface area (Å²) >= 11 is 9.36. The minimum absolute atomic E-state index is 0.730. The highest BCUT2D eigenvalue weighted by molar-refractivity contribution is 9.10. The molecule has 1 aromatic carbocycles. The van der Waals surface area contributed by atoms with Crippen LogP contribution in [0.4, 0.5) is 0 Å². The first-order valence-corrected chi connectivity index (χ1v) is 4.64. The van der Waals surface area contributed by atoms with E-state index in [1.165, 1.54) is 0 Å². The molecule has 0 amide bonds. The molecule has 0 atom stereocenters. The van der Waals surface area contributed by atoms with Gasteiger partial charge in [-0.15, -0.1) is 0 Å². The van der Waals surface area contributed by atoms with E-state index in [1.807, 2.05) is 25.2 Å². The topological polar surface area (TPSA) is 17.8 Å². The summed E-state index contributed by atoms with van der Waals surface area (Å²) in [6, 6.07) is 5.76. The third-order valence-electron chi connectivity index (χ3n) is 1.77. The highest BCUT2D eigenvalue weighted by atomic mass is 79.9. The molecule has 0 aliphatic heterocycles. The lowest BCUT2D eigenvalue weighted by Crippen LogP contribution is -1.89. The van der Waals surface area contributed by atoms with Crippen LogP contribution in [0.1, 0.15) is 0 Å². The number of hydrogen-bond acceptors (Lipinski definition) is 1. The summed E-state index contributed by atoms with van der Waals surface area (Å²) in [4.78, 5) is 0. The minimum Gasteiger partial charge on any atom is -0.265 e. The molecule has 1 aromatic heterocycles. The van der Waals surface area contributed by atoms with Crippen LogP contribution < -0.4 is 0 Å². The summed E-state index contributed by atoms with van der Waals surface area (Å²) in [6.07, 6.45) is 0. The molecule has 2 aromatic rings. The molecule has 0 saturated carbocycles.